The van der Waals surface area contributed by atoms with Crippen LogP contribution in [0.1, 0.15) is 34.5 Å². The summed E-state index contributed by atoms with van der Waals surface area (Å²) in [7, 11) is 1.81. The van der Waals surface area contributed by atoms with E-state index in [0.29, 0.717) is 35.7 Å². The third-order valence-corrected chi connectivity index (χ3v) is 5.58. The summed E-state index contributed by atoms with van der Waals surface area (Å²) in [6.07, 6.45) is 1.17. The molecule has 1 fully saturated rings. The molecule has 7 heteroatoms. The first-order valence-corrected chi connectivity index (χ1v) is 10.4. The SMILES string of the molecule is Cc1nn(C)c(NC(=O)c2cccc(NC(=O)C3CCCO3)c2C)c1-c1ccccc1. The Bertz CT molecular complexity index is 1120. The van der Waals surface area contributed by atoms with Crippen LogP contribution in [0.5, 0.6) is 0 Å². The van der Waals surface area contributed by atoms with Crippen LogP contribution in [-0.4, -0.2) is 34.3 Å². The van der Waals surface area contributed by atoms with E-state index < -0.39 is 6.10 Å². The van der Waals surface area contributed by atoms with E-state index in [1.165, 1.54) is 0 Å². The standard InChI is InChI=1S/C24H26N4O3/c1-15-18(11-7-12-19(15)25-24(30)20-13-8-14-31-20)23(29)26-22-21(16(2)27-28(22)3)17-9-5-4-6-10-17/h4-7,9-12,20H,8,13-14H2,1-3H3,(H,25,30)(H,26,29). The van der Waals surface area contributed by atoms with Crippen molar-refractivity contribution in [2.45, 2.75) is 32.8 Å². The lowest BCUT2D eigenvalue weighted by Crippen LogP contribution is -2.27. The summed E-state index contributed by atoms with van der Waals surface area (Å²) < 4.78 is 7.13. The Kier molecular flexibility index (Phi) is 5.86. The van der Waals surface area contributed by atoms with E-state index in [1.54, 1.807) is 29.9 Å². The van der Waals surface area contributed by atoms with Gasteiger partial charge in [-0.05, 0) is 49.9 Å². The number of carbonyl (C=O) groups excluding carboxylic acids is 2. The van der Waals surface area contributed by atoms with Crippen LogP contribution in [0.2, 0.25) is 0 Å². The highest BCUT2D eigenvalue weighted by molar-refractivity contribution is 6.08. The number of ether oxygens (including phenoxy) is 1. The van der Waals surface area contributed by atoms with Crippen molar-refractivity contribution < 1.29 is 14.3 Å². The molecule has 1 aromatic heterocycles. The van der Waals surface area contributed by atoms with Gasteiger partial charge in [0, 0.05) is 30.5 Å². The van der Waals surface area contributed by atoms with Crippen molar-refractivity contribution in [1.82, 2.24) is 9.78 Å². The van der Waals surface area contributed by atoms with Gasteiger partial charge in [0.1, 0.15) is 11.9 Å². The summed E-state index contributed by atoms with van der Waals surface area (Å²) in [5, 5.41) is 10.4. The summed E-state index contributed by atoms with van der Waals surface area (Å²) in [5.74, 6) is 0.194. The van der Waals surface area contributed by atoms with Gasteiger partial charge in [0.15, 0.2) is 0 Å². The summed E-state index contributed by atoms with van der Waals surface area (Å²) in [6, 6.07) is 15.2. The number of hydrogen-bond acceptors (Lipinski definition) is 4. The highest BCUT2D eigenvalue weighted by atomic mass is 16.5. The van der Waals surface area contributed by atoms with Gasteiger partial charge in [-0.1, -0.05) is 36.4 Å². The van der Waals surface area contributed by atoms with Crippen molar-refractivity contribution in [2.75, 3.05) is 17.2 Å². The third-order valence-electron chi connectivity index (χ3n) is 5.58. The summed E-state index contributed by atoms with van der Waals surface area (Å²) >= 11 is 0. The third kappa shape index (κ3) is 4.22. The predicted octanol–water partition coefficient (Wildman–Crippen LogP) is 4.07. The Balaban J connectivity index is 1.59. The van der Waals surface area contributed by atoms with E-state index >= 15 is 0 Å². The molecule has 1 aliphatic heterocycles. The maximum Gasteiger partial charge on any atom is 0.257 e. The van der Waals surface area contributed by atoms with E-state index in [2.05, 4.69) is 15.7 Å². The second kappa shape index (κ2) is 8.73. The normalized spacial score (nSPS) is 15.6. The zero-order valence-electron chi connectivity index (χ0n) is 17.9. The number of rotatable bonds is 5. The molecule has 0 bridgehead atoms. The van der Waals surface area contributed by atoms with Crippen LogP contribution in [0.15, 0.2) is 48.5 Å². The Hall–Kier alpha value is -3.45. The molecule has 0 radical (unpaired) electrons. The van der Waals surface area contributed by atoms with Gasteiger partial charge < -0.3 is 15.4 Å². The zero-order valence-corrected chi connectivity index (χ0v) is 17.9. The first kappa shape index (κ1) is 20.8. The number of aryl methyl sites for hydroxylation is 2. The molecule has 2 N–H and O–H groups in total. The number of carbonyl (C=O) groups is 2. The molecule has 2 amide bonds. The van der Waals surface area contributed by atoms with Gasteiger partial charge in [0.05, 0.1) is 5.69 Å². The highest BCUT2D eigenvalue weighted by Crippen LogP contribution is 2.31. The van der Waals surface area contributed by atoms with Crippen molar-refractivity contribution in [1.29, 1.82) is 0 Å². The van der Waals surface area contributed by atoms with Crippen molar-refractivity contribution in [3.05, 3.63) is 65.4 Å². The zero-order chi connectivity index (χ0) is 22.0. The smallest absolute Gasteiger partial charge is 0.257 e. The molecule has 1 atom stereocenters. The average molecular weight is 418 g/mol. The van der Waals surface area contributed by atoms with Crippen LogP contribution in [0, 0.1) is 13.8 Å². The second-order valence-electron chi connectivity index (χ2n) is 7.72. The van der Waals surface area contributed by atoms with Crippen molar-refractivity contribution >= 4 is 23.3 Å². The quantitative estimate of drug-likeness (QED) is 0.654. The van der Waals surface area contributed by atoms with Crippen LogP contribution in [-0.2, 0) is 16.6 Å². The van der Waals surface area contributed by atoms with Crippen molar-refractivity contribution in [2.24, 2.45) is 7.05 Å². The largest absolute Gasteiger partial charge is 0.368 e. The predicted molar refractivity (Wildman–Crippen MR) is 120 cm³/mol. The second-order valence-corrected chi connectivity index (χ2v) is 7.72. The monoisotopic (exact) mass is 418 g/mol. The minimum absolute atomic E-state index is 0.174. The fourth-order valence-corrected chi connectivity index (χ4v) is 3.94. The van der Waals surface area contributed by atoms with E-state index in [4.69, 9.17) is 4.74 Å². The lowest BCUT2D eigenvalue weighted by molar-refractivity contribution is -0.124. The Morgan fingerprint density at radius 3 is 2.55 bits per heavy atom. The molecule has 0 spiro atoms. The molecular weight excluding hydrogens is 392 g/mol. The van der Waals surface area contributed by atoms with Gasteiger partial charge in [-0.15, -0.1) is 0 Å². The number of anilines is 2. The van der Waals surface area contributed by atoms with Gasteiger partial charge in [-0.25, -0.2) is 0 Å². The maximum atomic E-state index is 13.2. The van der Waals surface area contributed by atoms with E-state index in [0.717, 1.165) is 23.2 Å². The lowest BCUT2D eigenvalue weighted by Gasteiger charge is -2.15. The number of aromatic nitrogens is 2. The molecule has 0 aliphatic carbocycles. The van der Waals surface area contributed by atoms with Gasteiger partial charge in [0.25, 0.3) is 11.8 Å². The molecule has 1 aliphatic rings. The molecular formula is C24H26N4O3. The molecule has 7 nitrogen and oxygen atoms in total. The van der Waals surface area contributed by atoms with E-state index in [1.807, 2.05) is 44.2 Å². The molecule has 1 unspecified atom stereocenters. The van der Waals surface area contributed by atoms with E-state index in [-0.39, 0.29) is 11.8 Å². The lowest BCUT2D eigenvalue weighted by atomic mass is 10.0. The molecule has 1 saturated heterocycles. The first-order chi connectivity index (χ1) is 15.0. The molecule has 2 heterocycles. The number of benzene rings is 2. The summed E-state index contributed by atoms with van der Waals surface area (Å²) in [6.45, 7) is 4.35. The van der Waals surface area contributed by atoms with Gasteiger partial charge in [-0.2, -0.15) is 5.10 Å². The van der Waals surface area contributed by atoms with Crippen LogP contribution < -0.4 is 10.6 Å². The first-order valence-electron chi connectivity index (χ1n) is 10.4. The maximum absolute atomic E-state index is 13.2. The van der Waals surface area contributed by atoms with E-state index in [9.17, 15) is 9.59 Å². The summed E-state index contributed by atoms with van der Waals surface area (Å²) in [5.41, 5.74) is 4.50. The molecule has 3 aromatic rings. The van der Waals surface area contributed by atoms with Crippen LogP contribution in [0.25, 0.3) is 11.1 Å². The van der Waals surface area contributed by atoms with Gasteiger partial charge in [-0.3, -0.25) is 14.3 Å². The molecule has 4 rings (SSSR count). The molecule has 160 valence electrons. The number of hydrogen-bond donors (Lipinski definition) is 2. The average Bonchev–Trinajstić information content (AvgIpc) is 3.39. The number of nitrogens with zero attached hydrogens (tertiary/aromatic N) is 2. The molecule has 2 aromatic carbocycles. The van der Waals surface area contributed by atoms with Gasteiger partial charge in [0.2, 0.25) is 0 Å². The Morgan fingerprint density at radius 1 is 1.06 bits per heavy atom. The van der Waals surface area contributed by atoms with Crippen molar-refractivity contribution in [3.63, 3.8) is 0 Å². The number of nitrogens with one attached hydrogen (secondary N) is 2. The van der Waals surface area contributed by atoms with Crippen LogP contribution in [0.3, 0.4) is 0 Å². The molecule has 0 saturated carbocycles. The Labute approximate surface area is 181 Å². The number of amides is 2. The summed E-state index contributed by atoms with van der Waals surface area (Å²) in [4.78, 5) is 25.6. The fourth-order valence-electron chi connectivity index (χ4n) is 3.94. The minimum atomic E-state index is -0.428. The Morgan fingerprint density at radius 2 is 1.84 bits per heavy atom. The molecule has 31 heavy (non-hydrogen) atoms. The minimum Gasteiger partial charge on any atom is -0.368 e. The van der Waals surface area contributed by atoms with Crippen LogP contribution >= 0.6 is 0 Å². The van der Waals surface area contributed by atoms with Crippen molar-refractivity contribution in [3.8, 4) is 11.1 Å². The fraction of sp³-hybridized carbons (Fsp3) is 0.292. The van der Waals surface area contributed by atoms with Crippen LogP contribution in [0.4, 0.5) is 11.5 Å². The van der Waals surface area contributed by atoms with Gasteiger partial charge >= 0.3 is 0 Å². The topological polar surface area (TPSA) is 85.3 Å². The highest BCUT2D eigenvalue weighted by Gasteiger charge is 2.25.